The van der Waals surface area contributed by atoms with Crippen molar-refractivity contribution in [2.45, 2.75) is 5.75 Å². The van der Waals surface area contributed by atoms with E-state index in [1.165, 1.54) is 0 Å². The first-order valence-electron chi connectivity index (χ1n) is 3.17. The maximum atomic E-state index is 10.5. The Labute approximate surface area is 70.3 Å². The highest BCUT2D eigenvalue weighted by Crippen LogP contribution is 2.10. The van der Waals surface area contributed by atoms with E-state index < -0.39 is 5.97 Å². The molecule has 0 heterocycles. The molecule has 0 saturated carbocycles. The van der Waals surface area contributed by atoms with Gasteiger partial charge in [-0.3, -0.25) is 0 Å². The largest absolute Gasteiger partial charge is 0.478 e. The van der Waals surface area contributed by atoms with Crippen LogP contribution in [0.2, 0.25) is 0 Å². The minimum absolute atomic E-state index is 0.336. The highest BCUT2D eigenvalue weighted by Gasteiger charge is 2.05. The van der Waals surface area contributed by atoms with Gasteiger partial charge in [0.15, 0.2) is 0 Å². The average Bonchev–Trinajstić information content (AvgIpc) is 2.04. The van der Waals surface area contributed by atoms with E-state index in [-0.39, 0.29) is 0 Å². The number of carbonyl (C=O) groups is 1. The number of rotatable bonds is 2. The molecule has 0 aromatic heterocycles. The molecule has 1 aromatic rings. The van der Waals surface area contributed by atoms with Gasteiger partial charge < -0.3 is 5.11 Å². The molecule has 0 atom stereocenters. The second-order valence-corrected chi connectivity index (χ2v) is 2.44. The third kappa shape index (κ3) is 1.74. The van der Waals surface area contributed by atoms with Crippen molar-refractivity contribution in [1.82, 2.24) is 0 Å². The fourth-order valence-electron chi connectivity index (χ4n) is 0.867. The Balaban J connectivity index is 3.12. The molecule has 0 bridgehead atoms. The van der Waals surface area contributed by atoms with Gasteiger partial charge in [0.25, 0.3) is 0 Å². The summed E-state index contributed by atoms with van der Waals surface area (Å²) in [7, 11) is 0. The molecule has 1 rings (SSSR count). The summed E-state index contributed by atoms with van der Waals surface area (Å²) in [5.74, 6) is -0.433. The van der Waals surface area contributed by atoms with Crippen LogP contribution in [0.4, 0.5) is 0 Å². The molecule has 0 aliphatic carbocycles. The molecule has 0 aliphatic heterocycles. The summed E-state index contributed by atoms with van der Waals surface area (Å²) in [5, 5.41) is 8.66. The molecule has 1 aromatic carbocycles. The van der Waals surface area contributed by atoms with E-state index in [0.717, 1.165) is 5.56 Å². The predicted octanol–water partition coefficient (Wildman–Crippen LogP) is 1.81. The quantitative estimate of drug-likeness (QED) is 0.661. The van der Waals surface area contributed by atoms with Crippen molar-refractivity contribution < 1.29 is 9.90 Å². The fourth-order valence-corrected chi connectivity index (χ4v) is 1.14. The number of hydrogen-bond acceptors (Lipinski definition) is 2. The number of carboxylic acids is 1. The number of thiol groups is 1. The number of carboxylic acid groups (broad SMARTS) is 1. The van der Waals surface area contributed by atoms with Crippen molar-refractivity contribution in [2.24, 2.45) is 0 Å². The molecule has 0 saturated heterocycles. The average molecular weight is 168 g/mol. The van der Waals surface area contributed by atoms with Gasteiger partial charge in [0.1, 0.15) is 0 Å². The number of hydrogen-bond donors (Lipinski definition) is 2. The zero-order valence-corrected chi connectivity index (χ0v) is 6.71. The Morgan fingerprint density at radius 3 is 2.55 bits per heavy atom. The van der Waals surface area contributed by atoms with E-state index >= 15 is 0 Å². The van der Waals surface area contributed by atoms with Crippen LogP contribution in [0.15, 0.2) is 24.3 Å². The first-order valence-corrected chi connectivity index (χ1v) is 3.81. The minimum atomic E-state index is -0.894. The highest BCUT2D eigenvalue weighted by atomic mass is 32.1. The van der Waals surface area contributed by atoms with E-state index in [1.54, 1.807) is 24.3 Å². The molecule has 1 N–H and O–H groups in total. The summed E-state index contributed by atoms with van der Waals surface area (Å²) in [6.07, 6.45) is 0. The highest BCUT2D eigenvalue weighted by molar-refractivity contribution is 7.79. The molecule has 58 valence electrons. The summed E-state index contributed by atoms with van der Waals surface area (Å²) < 4.78 is 0. The van der Waals surface area contributed by atoms with Crippen molar-refractivity contribution >= 4 is 18.6 Å². The van der Waals surface area contributed by atoms with Crippen LogP contribution in [0.3, 0.4) is 0 Å². The monoisotopic (exact) mass is 168 g/mol. The first-order chi connectivity index (χ1) is 5.25. The second kappa shape index (κ2) is 3.44. The van der Waals surface area contributed by atoms with Crippen molar-refractivity contribution in [3.63, 3.8) is 0 Å². The van der Waals surface area contributed by atoms with Gasteiger partial charge >= 0.3 is 5.97 Å². The molecule has 11 heavy (non-hydrogen) atoms. The molecule has 0 radical (unpaired) electrons. The van der Waals surface area contributed by atoms with Crippen LogP contribution in [0.5, 0.6) is 0 Å². The van der Waals surface area contributed by atoms with Gasteiger partial charge in [0.05, 0.1) is 5.56 Å². The molecular weight excluding hydrogens is 160 g/mol. The van der Waals surface area contributed by atoms with Gasteiger partial charge in [-0.2, -0.15) is 12.6 Å². The molecule has 0 unspecified atom stereocenters. The van der Waals surface area contributed by atoms with Crippen LogP contribution in [0.25, 0.3) is 0 Å². The minimum Gasteiger partial charge on any atom is -0.478 e. The number of benzene rings is 1. The Morgan fingerprint density at radius 2 is 2.09 bits per heavy atom. The van der Waals surface area contributed by atoms with Gasteiger partial charge in [-0.05, 0) is 11.6 Å². The second-order valence-electron chi connectivity index (χ2n) is 2.12. The SMILES string of the molecule is O=C(O)c1ccccc1CS. The standard InChI is InChI=1S/C8H8O2S/c9-8(10)7-4-2-1-3-6(7)5-11/h1-4,11H,5H2,(H,9,10). The predicted molar refractivity (Wildman–Crippen MR) is 46.1 cm³/mol. The Hall–Kier alpha value is -0.960. The van der Waals surface area contributed by atoms with Crippen molar-refractivity contribution in [1.29, 1.82) is 0 Å². The van der Waals surface area contributed by atoms with Crippen LogP contribution < -0.4 is 0 Å². The molecule has 0 aliphatic rings. The third-order valence-electron chi connectivity index (χ3n) is 1.42. The van der Waals surface area contributed by atoms with Crippen LogP contribution >= 0.6 is 12.6 Å². The maximum absolute atomic E-state index is 10.5. The molecule has 0 fully saturated rings. The van der Waals surface area contributed by atoms with E-state index in [1.807, 2.05) is 0 Å². The van der Waals surface area contributed by atoms with E-state index in [9.17, 15) is 4.79 Å². The van der Waals surface area contributed by atoms with Crippen LogP contribution in [0, 0.1) is 0 Å². The topological polar surface area (TPSA) is 37.3 Å². The molecule has 3 heteroatoms. The van der Waals surface area contributed by atoms with Crippen LogP contribution in [0.1, 0.15) is 15.9 Å². The Morgan fingerprint density at radius 1 is 1.45 bits per heavy atom. The summed E-state index contributed by atoms with van der Waals surface area (Å²) >= 11 is 4.01. The normalized spacial score (nSPS) is 9.55. The van der Waals surface area contributed by atoms with E-state index in [2.05, 4.69) is 12.6 Å². The Bertz CT molecular complexity index is 271. The molecule has 2 nitrogen and oxygen atoms in total. The summed E-state index contributed by atoms with van der Waals surface area (Å²) in [6.45, 7) is 0. The maximum Gasteiger partial charge on any atom is 0.335 e. The van der Waals surface area contributed by atoms with Crippen molar-refractivity contribution in [3.05, 3.63) is 35.4 Å². The first kappa shape index (κ1) is 8.14. The zero-order valence-electron chi connectivity index (χ0n) is 5.82. The van der Waals surface area contributed by atoms with Gasteiger partial charge in [0, 0.05) is 5.75 Å². The zero-order chi connectivity index (χ0) is 8.27. The smallest absolute Gasteiger partial charge is 0.335 e. The van der Waals surface area contributed by atoms with Crippen LogP contribution in [-0.4, -0.2) is 11.1 Å². The Kier molecular flexibility index (Phi) is 2.54. The third-order valence-corrected chi connectivity index (χ3v) is 1.76. The molecule has 0 spiro atoms. The van der Waals surface area contributed by atoms with Crippen molar-refractivity contribution in [2.75, 3.05) is 0 Å². The summed E-state index contributed by atoms with van der Waals surface area (Å²) in [5.41, 5.74) is 1.09. The lowest BCUT2D eigenvalue weighted by Gasteiger charge is -1.99. The van der Waals surface area contributed by atoms with Gasteiger partial charge in [-0.25, -0.2) is 4.79 Å². The lowest BCUT2D eigenvalue weighted by molar-refractivity contribution is 0.0696. The summed E-state index contributed by atoms with van der Waals surface area (Å²) in [6, 6.07) is 6.85. The summed E-state index contributed by atoms with van der Waals surface area (Å²) in [4.78, 5) is 10.5. The van der Waals surface area contributed by atoms with Crippen LogP contribution in [-0.2, 0) is 5.75 Å². The lowest BCUT2D eigenvalue weighted by atomic mass is 10.1. The van der Waals surface area contributed by atoms with E-state index in [0.29, 0.717) is 11.3 Å². The molecular formula is C8H8O2S. The van der Waals surface area contributed by atoms with Gasteiger partial charge in [-0.15, -0.1) is 0 Å². The van der Waals surface area contributed by atoms with Gasteiger partial charge in [0.2, 0.25) is 0 Å². The van der Waals surface area contributed by atoms with Gasteiger partial charge in [-0.1, -0.05) is 18.2 Å². The lowest BCUT2D eigenvalue weighted by Crippen LogP contribution is -1.99. The number of aromatic carboxylic acids is 1. The fraction of sp³-hybridized carbons (Fsp3) is 0.125. The van der Waals surface area contributed by atoms with Crippen molar-refractivity contribution in [3.8, 4) is 0 Å². The van der Waals surface area contributed by atoms with E-state index in [4.69, 9.17) is 5.11 Å². The molecule has 0 amide bonds.